The molecule has 21 heavy (non-hydrogen) atoms. The van der Waals surface area contributed by atoms with Crippen LogP contribution in [0, 0.1) is 6.92 Å². The van der Waals surface area contributed by atoms with Gasteiger partial charge in [-0.25, -0.2) is 4.98 Å². The van der Waals surface area contributed by atoms with Crippen LogP contribution >= 0.6 is 11.3 Å². The van der Waals surface area contributed by atoms with E-state index in [9.17, 15) is 0 Å². The van der Waals surface area contributed by atoms with Crippen molar-refractivity contribution in [2.24, 2.45) is 0 Å². The highest BCUT2D eigenvalue weighted by atomic mass is 32.1. The SMILES string of the molecule is Cc1noc(C2CCCN(c3nc4ccccc4s3)C2)n1. The minimum Gasteiger partial charge on any atom is -0.347 e. The second kappa shape index (κ2) is 5.11. The lowest BCUT2D eigenvalue weighted by Crippen LogP contribution is -2.34. The van der Waals surface area contributed by atoms with Crippen LogP contribution in [0.1, 0.15) is 30.5 Å². The second-order valence-electron chi connectivity index (χ2n) is 5.43. The summed E-state index contributed by atoms with van der Waals surface area (Å²) in [6, 6.07) is 8.29. The van der Waals surface area contributed by atoms with E-state index in [0.717, 1.165) is 42.5 Å². The van der Waals surface area contributed by atoms with Crippen molar-refractivity contribution < 1.29 is 4.52 Å². The maximum absolute atomic E-state index is 5.34. The molecule has 0 radical (unpaired) electrons. The van der Waals surface area contributed by atoms with Gasteiger partial charge in [0, 0.05) is 13.1 Å². The molecule has 1 fully saturated rings. The third-order valence-corrected chi connectivity index (χ3v) is 4.96. The predicted molar refractivity (Wildman–Crippen MR) is 82.8 cm³/mol. The summed E-state index contributed by atoms with van der Waals surface area (Å²) in [6.45, 7) is 3.81. The van der Waals surface area contributed by atoms with Crippen LogP contribution in [0.2, 0.25) is 0 Å². The summed E-state index contributed by atoms with van der Waals surface area (Å²) in [6.07, 6.45) is 2.23. The molecule has 0 amide bonds. The van der Waals surface area contributed by atoms with E-state index in [1.54, 1.807) is 11.3 Å². The molecule has 6 heteroatoms. The molecule has 4 rings (SSSR count). The first-order valence-corrected chi connectivity index (χ1v) is 8.02. The molecular formula is C15H16N4OS. The van der Waals surface area contributed by atoms with Gasteiger partial charge in [0.15, 0.2) is 11.0 Å². The van der Waals surface area contributed by atoms with Gasteiger partial charge < -0.3 is 9.42 Å². The number of benzene rings is 1. The van der Waals surface area contributed by atoms with Crippen LogP contribution in [-0.4, -0.2) is 28.2 Å². The van der Waals surface area contributed by atoms with Crippen molar-refractivity contribution in [2.45, 2.75) is 25.7 Å². The van der Waals surface area contributed by atoms with E-state index in [2.05, 4.69) is 33.2 Å². The lowest BCUT2D eigenvalue weighted by molar-refractivity contribution is 0.331. The van der Waals surface area contributed by atoms with Gasteiger partial charge in [-0.3, -0.25) is 0 Å². The number of aryl methyl sites for hydroxylation is 1. The molecule has 1 atom stereocenters. The minimum atomic E-state index is 0.312. The summed E-state index contributed by atoms with van der Waals surface area (Å²) in [5.41, 5.74) is 1.08. The Morgan fingerprint density at radius 3 is 3.00 bits per heavy atom. The van der Waals surface area contributed by atoms with Gasteiger partial charge in [0.2, 0.25) is 5.89 Å². The van der Waals surface area contributed by atoms with Crippen LogP contribution in [0.15, 0.2) is 28.8 Å². The summed E-state index contributed by atoms with van der Waals surface area (Å²) in [7, 11) is 0. The van der Waals surface area contributed by atoms with Crippen LogP contribution in [0.5, 0.6) is 0 Å². The molecule has 1 aliphatic heterocycles. The van der Waals surface area contributed by atoms with E-state index in [-0.39, 0.29) is 0 Å². The number of nitrogens with zero attached hydrogens (tertiary/aromatic N) is 4. The minimum absolute atomic E-state index is 0.312. The zero-order chi connectivity index (χ0) is 14.2. The Kier molecular flexibility index (Phi) is 3.11. The zero-order valence-corrected chi connectivity index (χ0v) is 12.6. The average molecular weight is 300 g/mol. The maximum atomic E-state index is 5.34. The fraction of sp³-hybridized carbons (Fsp3) is 0.400. The molecule has 1 aliphatic rings. The van der Waals surface area contributed by atoms with Crippen LogP contribution in [0.3, 0.4) is 0 Å². The van der Waals surface area contributed by atoms with Crippen molar-refractivity contribution in [2.75, 3.05) is 18.0 Å². The number of fused-ring (bicyclic) bond motifs is 1. The standard InChI is InChI=1S/C15H16N4OS/c1-10-16-14(20-18-10)11-5-4-8-19(9-11)15-17-12-6-2-3-7-13(12)21-15/h2-3,6-7,11H,4-5,8-9H2,1H3. The van der Waals surface area contributed by atoms with Crippen LogP contribution in [-0.2, 0) is 0 Å². The van der Waals surface area contributed by atoms with Gasteiger partial charge in [0.05, 0.1) is 16.1 Å². The van der Waals surface area contributed by atoms with Crippen molar-refractivity contribution in [3.63, 3.8) is 0 Å². The third kappa shape index (κ3) is 2.40. The summed E-state index contributed by atoms with van der Waals surface area (Å²) < 4.78 is 6.58. The van der Waals surface area contributed by atoms with Gasteiger partial charge in [-0.1, -0.05) is 28.6 Å². The Bertz CT molecular complexity index is 733. The van der Waals surface area contributed by atoms with Crippen molar-refractivity contribution in [1.82, 2.24) is 15.1 Å². The molecular weight excluding hydrogens is 284 g/mol. The second-order valence-corrected chi connectivity index (χ2v) is 6.44. The van der Waals surface area contributed by atoms with Gasteiger partial charge >= 0.3 is 0 Å². The third-order valence-electron chi connectivity index (χ3n) is 3.87. The van der Waals surface area contributed by atoms with E-state index in [1.165, 1.54) is 4.70 Å². The number of piperidine rings is 1. The summed E-state index contributed by atoms with van der Waals surface area (Å²) in [5, 5.41) is 5.00. The molecule has 2 aromatic heterocycles. The zero-order valence-electron chi connectivity index (χ0n) is 11.8. The molecule has 0 saturated carbocycles. The maximum Gasteiger partial charge on any atom is 0.231 e. The van der Waals surface area contributed by atoms with Crippen LogP contribution in [0.25, 0.3) is 10.2 Å². The average Bonchev–Trinajstić information content (AvgIpc) is 3.13. The molecule has 1 saturated heterocycles. The highest BCUT2D eigenvalue weighted by Gasteiger charge is 2.27. The first-order chi connectivity index (χ1) is 10.3. The van der Waals surface area contributed by atoms with Crippen molar-refractivity contribution in [1.29, 1.82) is 0 Å². The summed E-state index contributed by atoms with van der Waals surface area (Å²) in [5.74, 6) is 1.78. The fourth-order valence-electron chi connectivity index (χ4n) is 2.83. The van der Waals surface area contributed by atoms with Gasteiger partial charge in [-0.05, 0) is 31.9 Å². The number of para-hydroxylation sites is 1. The van der Waals surface area contributed by atoms with E-state index in [1.807, 2.05) is 13.0 Å². The lowest BCUT2D eigenvalue weighted by Gasteiger charge is -2.30. The molecule has 1 unspecified atom stereocenters. The van der Waals surface area contributed by atoms with E-state index in [4.69, 9.17) is 9.51 Å². The highest BCUT2D eigenvalue weighted by Crippen LogP contribution is 2.33. The van der Waals surface area contributed by atoms with Crippen LogP contribution < -0.4 is 4.90 Å². The number of rotatable bonds is 2. The Labute approximate surface area is 126 Å². The topological polar surface area (TPSA) is 55.1 Å². The molecule has 0 aliphatic carbocycles. The fourth-order valence-corrected chi connectivity index (χ4v) is 3.83. The van der Waals surface area contributed by atoms with Crippen molar-refractivity contribution in [3.8, 4) is 0 Å². The van der Waals surface area contributed by atoms with Gasteiger partial charge in [0.1, 0.15) is 0 Å². The number of hydrogen-bond acceptors (Lipinski definition) is 6. The monoisotopic (exact) mass is 300 g/mol. The quantitative estimate of drug-likeness (QED) is 0.726. The molecule has 0 bridgehead atoms. The summed E-state index contributed by atoms with van der Waals surface area (Å²) in [4.78, 5) is 11.5. The molecule has 3 aromatic rings. The Hall–Kier alpha value is -1.95. The van der Waals surface area contributed by atoms with Crippen molar-refractivity contribution in [3.05, 3.63) is 36.0 Å². The molecule has 5 nitrogen and oxygen atoms in total. The highest BCUT2D eigenvalue weighted by molar-refractivity contribution is 7.22. The van der Waals surface area contributed by atoms with E-state index >= 15 is 0 Å². The number of hydrogen-bond donors (Lipinski definition) is 0. The molecule has 3 heterocycles. The number of anilines is 1. The predicted octanol–water partition coefficient (Wildman–Crippen LogP) is 3.37. The number of thiazole rings is 1. The summed E-state index contributed by atoms with van der Waals surface area (Å²) >= 11 is 1.75. The van der Waals surface area contributed by atoms with E-state index < -0.39 is 0 Å². The van der Waals surface area contributed by atoms with Crippen molar-refractivity contribution >= 4 is 26.7 Å². The first kappa shape index (κ1) is 12.8. The Morgan fingerprint density at radius 2 is 2.19 bits per heavy atom. The van der Waals surface area contributed by atoms with E-state index in [0.29, 0.717) is 11.7 Å². The largest absolute Gasteiger partial charge is 0.347 e. The van der Waals surface area contributed by atoms with Gasteiger partial charge in [0.25, 0.3) is 0 Å². The normalized spacial score (nSPS) is 19.3. The Morgan fingerprint density at radius 1 is 1.29 bits per heavy atom. The smallest absolute Gasteiger partial charge is 0.231 e. The lowest BCUT2D eigenvalue weighted by atomic mass is 9.98. The Balaban J connectivity index is 1.60. The number of aromatic nitrogens is 3. The van der Waals surface area contributed by atoms with Gasteiger partial charge in [-0.2, -0.15) is 4.98 Å². The molecule has 108 valence electrons. The molecule has 0 N–H and O–H groups in total. The van der Waals surface area contributed by atoms with Gasteiger partial charge in [-0.15, -0.1) is 0 Å². The van der Waals surface area contributed by atoms with Crippen LogP contribution in [0.4, 0.5) is 5.13 Å². The molecule has 0 spiro atoms. The first-order valence-electron chi connectivity index (χ1n) is 7.20. The molecule has 1 aromatic carbocycles.